The molecule has 1 aliphatic rings. The molecular formula is C10H16F2N2O. The predicted octanol–water partition coefficient (Wildman–Crippen LogP) is 2.94. The molecular weight excluding hydrogens is 202 g/mol. The van der Waals surface area contributed by atoms with E-state index in [1.165, 1.54) is 4.68 Å². The van der Waals surface area contributed by atoms with Gasteiger partial charge in [0.05, 0.1) is 6.61 Å². The third-order valence-corrected chi connectivity index (χ3v) is 2.13. The number of nitrogens with zero attached hydrogens (tertiary/aromatic N) is 2. The van der Waals surface area contributed by atoms with Gasteiger partial charge in [-0.1, -0.05) is 13.8 Å². The van der Waals surface area contributed by atoms with E-state index in [0.717, 1.165) is 6.42 Å². The first-order valence-corrected chi connectivity index (χ1v) is 5.18. The highest BCUT2D eigenvalue weighted by Crippen LogP contribution is 2.30. The van der Waals surface area contributed by atoms with Gasteiger partial charge in [0.1, 0.15) is 5.69 Å². The maximum Gasteiger partial charge on any atom is 0.282 e. The highest BCUT2D eigenvalue weighted by molar-refractivity contribution is 5.31. The molecule has 0 saturated heterocycles. The number of aromatic nitrogens is 2. The monoisotopic (exact) mass is 218 g/mol. The normalized spacial score (nSPS) is 14.0. The van der Waals surface area contributed by atoms with E-state index in [-0.39, 0.29) is 5.69 Å². The number of rotatable bonds is 1. The molecule has 0 saturated carbocycles. The molecule has 0 radical (unpaired) electrons. The summed E-state index contributed by atoms with van der Waals surface area (Å²) in [6.07, 6.45) is -1.68. The van der Waals surface area contributed by atoms with E-state index in [1.54, 1.807) is 6.92 Å². The summed E-state index contributed by atoms with van der Waals surface area (Å²) in [5.74, 6) is 0.501. The van der Waals surface area contributed by atoms with Crippen LogP contribution in [0.3, 0.4) is 0 Å². The third kappa shape index (κ3) is 2.27. The highest BCUT2D eigenvalue weighted by atomic mass is 19.3. The zero-order chi connectivity index (χ0) is 11.4. The van der Waals surface area contributed by atoms with Gasteiger partial charge in [-0.3, -0.25) is 0 Å². The van der Waals surface area contributed by atoms with Gasteiger partial charge in [-0.15, -0.1) is 0 Å². The summed E-state index contributed by atoms with van der Waals surface area (Å²) in [5, 5.41) is 3.79. The molecule has 2 rings (SSSR count). The summed E-state index contributed by atoms with van der Waals surface area (Å²) < 4.78 is 31.5. The Morgan fingerprint density at radius 3 is 2.60 bits per heavy atom. The first-order valence-electron chi connectivity index (χ1n) is 5.18. The molecule has 3 nitrogen and oxygen atoms in total. The lowest BCUT2D eigenvalue weighted by molar-refractivity contribution is 0.144. The fraction of sp³-hybridized carbons (Fsp3) is 0.700. The van der Waals surface area contributed by atoms with Gasteiger partial charge < -0.3 is 4.74 Å². The molecule has 0 amide bonds. The summed E-state index contributed by atoms with van der Waals surface area (Å²) in [4.78, 5) is 0. The van der Waals surface area contributed by atoms with Gasteiger partial charge in [-0.2, -0.15) is 5.10 Å². The minimum atomic E-state index is -2.51. The molecule has 15 heavy (non-hydrogen) atoms. The van der Waals surface area contributed by atoms with Crippen LogP contribution >= 0.6 is 0 Å². The van der Waals surface area contributed by atoms with Gasteiger partial charge in [0.15, 0.2) is 0 Å². The van der Waals surface area contributed by atoms with Crippen molar-refractivity contribution >= 4 is 0 Å². The van der Waals surface area contributed by atoms with Crippen LogP contribution in [0, 0.1) is 6.92 Å². The van der Waals surface area contributed by atoms with E-state index in [4.69, 9.17) is 4.74 Å². The molecule has 1 aliphatic heterocycles. The van der Waals surface area contributed by atoms with Crippen LogP contribution in [-0.2, 0) is 6.54 Å². The number of alkyl halides is 2. The van der Waals surface area contributed by atoms with Crippen molar-refractivity contribution in [1.82, 2.24) is 9.78 Å². The number of hydrogen-bond acceptors (Lipinski definition) is 2. The van der Waals surface area contributed by atoms with Crippen LogP contribution in [0.2, 0.25) is 0 Å². The first kappa shape index (κ1) is 11.9. The fourth-order valence-corrected chi connectivity index (χ4v) is 1.48. The number of fused-ring (bicyclic) bond motifs is 1. The predicted molar refractivity (Wildman–Crippen MR) is 53.4 cm³/mol. The van der Waals surface area contributed by atoms with Crippen molar-refractivity contribution in [2.45, 2.75) is 40.2 Å². The Morgan fingerprint density at radius 2 is 2.07 bits per heavy atom. The van der Waals surface area contributed by atoms with Crippen LogP contribution in [0.4, 0.5) is 8.78 Å². The smallest absolute Gasteiger partial charge is 0.282 e. The SMILES string of the molecule is CC.Cc1c(C(F)F)nn2c1OCCC2. The van der Waals surface area contributed by atoms with E-state index in [9.17, 15) is 8.78 Å². The van der Waals surface area contributed by atoms with Crippen LogP contribution < -0.4 is 4.74 Å². The summed E-state index contributed by atoms with van der Waals surface area (Å²) in [6, 6.07) is 0. The van der Waals surface area contributed by atoms with E-state index in [2.05, 4.69) is 5.10 Å². The molecule has 0 spiro atoms. The highest BCUT2D eigenvalue weighted by Gasteiger charge is 2.23. The van der Waals surface area contributed by atoms with Crippen molar-refractivity contribution in [1.29, 1.82) is 0 Å². The second-order valence-corrected chi connectivity index (χ2v) is 3.04. The molecule has 0 N–H and O–H groups in total. The zero-order valence-electron chi connectivity index (χ0n) is 9.26. The second-order valence-electron chi connectivity index (χ2n) is 3.04. The number of aryl methyl sites for hydroxylation is 1. The number of halogens is 2. The summed E-state index contributed by atoms with van der Waals surface area (Å²) in [6.45, 7) is 6.88. The Morgan fingerprint density at radius 1 is 1.40 bits per heavy atom. The number of ether oxygens (including phenoxy) is 1. The van der Waals surface area contributed by atoms with Gasteiger partial charge >= 0.3 is 0 Å². The van der Waals surface area contributed by atoms with Crippen molar-refractivity contribution in [3.8, 4) is 5.88 Å². The Labute approximate surface area is 88.0 Å². The Hall–Kier alpha value is -1.13. The van der Waals surface area contributed by atoms with Crippen molar-refractivity contribution in [3.63, 3.8) is 0 Å². The maximum atomic E-state index is 12.4. The van der Waals surface area contributed by atoms with Crippen LogP contribution in [0.25, 0.3) is 0 Å². The Bertz CT molecular complexity index is 323. The topological polar surface area (TPSA) is 27.1 Å². The fourth-order valence-electron chi connectivity index (χ4n) is 1.48. The van der Waals surface area contributed by atoms with E-state index in [0.29, 0.717) is 24.6 Å². The van der Waals surface area contributed by atoms with E-state index < -0.39 is 6.43 Å². The molecule has 1 aromatic heterocycles. The lowest BCUT2D eigenvalue weighted by Gasteiger charge is -2.14. The summed E-state index contributed by atoms with van der Waals surface area (Å²) in [5.41, 5.74) is 0.312. The van der Waals surface area contributed by atoms with Crippen LogP contribution in [0.5, 0.6) is 5.88 Å². The minimum Gasteiger partial charge on any atom is -0.478 e. The van der Waals surface area contributed by atoms with Crippen molar-refractivity contribution in [3.05, 3.63) is 11.3 Å². The molecule has 86 valence electrons. The van der Waals surface area contributed by atoms with Crippen molar-refractivity contribution < 1.29 is 13.5 Å². The van der Waals surface area contributed by atoms with E-state index >= 15 is 0 Å². The average Bonchev–Trinajstić information content (AvgIpc) is 2.60. The summed E-state index contributed by atoms with van der Waals surface area (Å²) in [7, 11) is 0. The minimum absolute atomic E-state index is 0.156. The molecule has 0 atom stereocenters. The van der Waals surface area contributed by atoms with Crippen LogP contribution in [0.15, 0.2) is 0 Å². The third-order valence-electron chi connectivity index (χ3n) is 2.13. The van der Waals surface area contributed by atoms with Gasteiger partial charge in [0.25, 0.3) is 6.43 Å². The maximum absolute atomic E-state index is 12.4. The number of hydrogen-bond donors (Lipinski definition) is 0. The van der Waals surface area contributed by atoms with Crippen LogP contribution in [0.1, 0.15) is 38.0 Å². The van der Waals surface area contributed by atoms with Crippen LogP contribution in [-0.4, -0.2) is 16.4 Å². The van der Waals surface area contributed by atoms with Gasteiger partial charge in [0, 0.05) is 18.5 Å². The van der Waals surface area contributed by atoms with Gasteiger partial charge in [0.2, 0.25) is 5.88 Å². The average molecular weight is 218 g/mol. The standard InChI is InChI=1S/C8H10F2N2O.C2H6/c1-5-6(7(9)10)11-12-3-2-4-13-8(5)12;1-2/h7H,2-4H2,1H3;1-2H3. The largest absolute Gasteiger partial charge is 0.478 e. The zero-order valence-corrected chi connectivity index (χ0v) is 9.26. The molecule has 0 fully saturated rings. The van der Waals surface area contributed by atoms with Gasteiger partial charge in [-0.05, 0) is 6.92 Å². The van der Waals surface area contributed by atoms with Crippen molar-refractivity contribution in [2.75, 3.05) is 6.61 Å². The molecule has 1 aromatic rings. The molecule has 0 unspecified atom stereocenters. The molecule has 5 heteroatoms. The van der Waals surface area contributed by atoms with E-state index in [1.807, 2.05) is 13.8 Å². The van der Waals surface area contributed by atoms with Gasteiger partial charge in [-0.25, -0.2) is 13.5 Å². The van der Waals surface area contributed by atoms with Crippen molar-refractivity contribution in [2.24, 2.45) is 0 Å². The lowest BCUT2D eigenvalue weighted by atomic mass is 10.2. The first-order chi connectivity index (χ1) is 7.20. The molecule has 0 aliphatic carbocycles. The second kappa shape index (κ2) is 5.09. The molecule has 0 aromatic carbocycles. The Balaban J connectivity index is 0.000000531. The summed E-state index contributed by atoms with van der Waals surface area (Å²) >= 11 is 0. The Kier molecular flexibility index (Phi) is 4.05. The molecule has 2 heterocycles. The quantitative estimate of drug-likeness (QED) is 0.724. The molecule has 0 bridgehead atoms. The lowest BCUT2D eigenvalue weighted by Crippen LogP contribution is -2.14.